The second-order valence-corrected chi connectivity index (χ2v) is 12.0. The Bertz CT molecular complexity index is 1360. The third-order valence-corrected chi connectivity index (χ3v) is 7.95. The number of nitrogens with one attached hydrogen (secondary N) is 1. The molecule has 2 aromatic carbocycles. The zero-order chi connectivity index (χ0) is 28.3. The van der Waals surface area contributed by atoms with E-state index < -0.39 is 10.7 Å². The Morgan fingerprint density at radius 3 is 2.62 bits per heavy atom. The van der Waals surface area contributed by atoms with Gasteiger partial charge in [0.2, 0.25) is 11.8 Å². The SMILES string of the molecule is COCCCNC(=O)CN1C(=O)CSC(c2ccccc2F)c2c(C(C)(C)C)nn(-c3ccc(C)cc3C)c21. The number of hydrogen-bond donors (Lipinski definition) is 1. The summed E-state index contributed by atoms with van der Waals surface area (Å²) in [6, 6.07) is 12.7. The van der Waals surface area contributed by atoms with Crippen molar-refractivity contribution < 1.29 is 18.7 Å². The number of carbonyl (C=O) groups excluding carboxylic acids is 2. The number of amides is 2. The van der Waals surface area contributed by atoms with E-state index in [1.54, 1.807) is 23.9 Å². The molecule has 2 heterocycles. The molecule has 208 valence electrons. The molecule has 0 saturated heterocycles. The molecule has 1 aliphatic heterocycles. The largest absolute Gasteiger partial charge is 0.385 e. The first kappa shape index (κ1) is 28.8. The Morgan fingerprint density at radius 2 is 1.95 bits per heavy atom. The quantitative estimate of drug-likeness (QED) is 0.387. The van der Waals surface area contributed by atoms with Crippen molar-refractivity contribution in [2.45, 2.75) is 51.7 Å². The van der Waals surface area contributed by atoms with Crippen LogP contribution in [0.2, 0.25) is 0 Å². The molecule has 1 atom stereocenters. The number of anilines is 1. The summed E-state index contributed by atoms with van der Waals surface area (Å²) in [7, 11) is 1.62. The molecule has 0 saturated carbocycles. The molecule has 9 heteroatoms. The van der Waals surface area contributed by atoms with E-state index in [2.05, 4.69) is 32.2 Å². The molecule has 0 bridgehead atoms. The molecule has 39 heavy (non-hydrogen) atoms. The topological polar surface area (TPSA) is 76.5 Å². The first-order valence-corrected chi connectivity index (χ1v) is 14.2. The summed E-state index contributed by atoms with van der Waals surface area (Å²) < 4.78 is 22.1. The fourth-order valence-corrected chi connectivity index (χ4v) is 6.08. The maximum absolute atomic E-state index is 15.3. The van der Waals surface area contributed by atoms with Gasteiger partial charge in [0.05, 0.1) is 22.4 Å². The minimum atomic E-state index is -0.478. The van der Waals surface area contributed by atoms with Gasteiger partial charge in [0.15, 0.2) is 0 Å². The molecule has 4 rings (SSSR count). The summed E-state index contributed by atoms with van der Waals surface area (Å²) in [5.74, 6) is -0.218. The van der Waals surface area contributed by atoms with Crippen LogP contribution >= 0.6 is 11.8 Å². The second-order valence-electron chi connectivity index (χ2n) is 10.9. The van der Waals surface area contributed by atoms with Crippen LogP contribution in [0.5, 0.6) is 0 Å². The van der Waals surface area contributed by atoms with Gasteiger partial charge in [-0.05, 0) is 38.0 Å². The normalized spacial score (nSPS) is 15.7. The fourth-order valence-electron chi connectivity index (χ4n) is 4.86. The van der Waals surface area contributed by atoms with E-state index >= 15 is 4.39 Å². The molecule has 0 aliphatic carbocycles. The maximum Gasteiger partial charge on any atom is 0.240 e. The minimum absolute atomic E-state index is 0.0983. The van der Waals surface area contributed by atoms with Gasteiger partial charge in [-0.3, -0.25) is 14.5 Å². The Morgan fingerprint density at radius 1 is 1.21 bits per heavy atom. The van der Waals surface area contributed by atoms with Crippen molar-refractivity contribution in [3.8, 4) is 5.69 Å². The van der Waals surface area contributed by atoms with Crippen LogP contribution in [0.1, 0.15) is 60.4 Å². The third-order valence-electron chi connectivity index (χ3n) is 6.72. The lowest BCUT2D eigenvalue weighted by Gasteiger charge is -2.25. The van der Waals surface area contributed by atoms with Gasteiger partial charge in [-0.1, -0.05) is 56.7 Å². The van der Waals surface area contributed by atoms with Crippen molar-refractivity contribution in [1.82, 2.24) is 15.1 Å². The first-order valence-electron chi connectivity index (χ1n) is 13.2. The van der Waals surface area contributed by atoms with Crippen molar-refractivity contribution in [2.75, 3.05) is 37.5 Å². The van der Waals surface area contributed by atoms with Gasteiger partial charge in [0.25, 0.3) is 0 Å². The Labute approximate surface area is 234 Å². The van der Waals surface area contributed by atoms with Crippen LogP contribution in [0.25, 0.3) is 5.69 Å². The minimum Gasteiger partial charge on any atom is -0.385 e. The van der Waals surface area contributed by atoms with Crippen LogP contribution in [-0.2, 0) is 19.7 Å². The van der Waals surface area contributed by atoms with E-state index in [1.165, 1.54) is 22.7 Å². The Hall–Kier alpha value is -3.17. The number of aromatic nitrogens is 2. The lowest BCUT2D eigenvalue weighted by Crippen LogP contribution is -2.42. The van der Waals surface area contributed by atoms with E-state index in [9.17, 15) is 9.59 Å². The molecule has 3 aromatic rings. The molecule has 1 N–H and O–H groups in total. The van der Waals surface area contributed by atoms with E-state index in [-0.39, 0.29) is 29.9 Å². The zero-order valence-corrected chi connectivity index (χ0v) is 24.3. The van der Waals surface area contributed by atoms with Gasteiger partial charge < -0.3 is 10.1 Å². The molecule has 2 amide bonds. The smallest absolute Gasteiger partial charge is 0.240 e. The number of aryl methyl sites for hydroxylation is 2. The van der Waals surface area contributed by atoms with Crippen molar-refractivity contribution in [3.63, 3.8) is 0 Å². The summed E-state index contributed by atoms with van der Waals surface area (Å²) in [6.45, 7) is 11.0. The number of methoxy groups -OCH3 is 1. The van der Waals surface area contributed by atoms with E-state index in [0.29, 0.717) is 31.0 Å². The van der Waals surface area contributed by atoms with Crippen LogP contribution in [0.15, 0.2) is 42.5 Å². The number of thioether (sulfide) groups is 1. The van der Waals surface area contributed by atoms with Gasteiger partial charge in [-0.2, -0.15) is 5.10 Å². The van der Waals surface area contributed by atoms with Crippen LogP contribution < -0.4 is 10.2 Å². The molecular weight excluding hydrogens is 515 g/mol. The molecule has 1 aliphatic rings. The first-order chi connectivity index (χ1) is 18.5. The summed E-state index contributed by atoms with van der Waals surface area (Å²) in [4.78, 5) is 28.3. The van der Waals surface area contributed by atoms with Crippen molar-refractivity contribution >= 4 is 29.4 Å². The summed E-state index contributed by atoms with van der Waals surface area (Å²) in [5.41, 5.74) is 4.50. The van der Waals surface area contributed by atoms with Crippen LogP contribution in [0.4, 0.5) is 10.2 Å². The molecular formula is C30H37FN4O3S. The predicted molar refractivity (Wildman–Crippen MR) is 154 cm³/mol. The summed E-state index contributed by atoms with van der Waals surface area (Å²) >= 11 is 1.37. The lowest BCUT2D eigenvalue weighted by molar-refractivity contribution is -0.122. The van der Waals surface area contributed by atoms with Crippen molar-refractivity contribution in [3.05, 3.63) is 76.2 Å². The highest BCUT2D eigenvalue weighted by molar-refractivity contribution is 8.00. The molecule has 0 fully saturated rings. The maximum atomic E-state index is 15.3. The summed E-state index contributed by atoms with van der Waals surface area (Å²) in [6.07, 6.45) is 0.668. The number of carbonyl (C=O) groups is 2. The number of hydrogen-bond acceptors (Lipinski definition) is 5. The van der Waals surface area contributed by atoms with Gasteiger partial charge in [-0.15, -0.1) is 11.8 Å². The second kappa shape index (κ2) is 11.9. The van der Waals surface area contributed by atoms with E-state index in [0.717, 1.165) is 28.1 Å². The number of ether oxygens (including phenoxy) is 1. The molecule has 0 spiro atoms. The highest BCUT2D eigenvalue weighted by Gasteiger charge is 2.40. The van der Waals surface area contributed by atoms with Crippen LogP contribution in [0.3, 0.4) is 0 Å². The average molecular weight is 553 g/mol. The molecule has 7 nitrogen and oxygen atoms in total. The van der Waals surface area contributed by atoms with E-state index in [1.807, 2.05) is 32.0 Å². The number of rotatable bonds is 8. The number of nitrogens with zero attached hydrogens (tertiary/aromatic N) is 3. The van der Waals surface area contributed by atoms with Gasteiger partial charge in [0, 0.05) is 36.8 Å². The van der Waals surface area contributed by atoms with Crippen molar-refractivity contribution in [2.24, 2.45) is 0 Å². The van der Waals surface area contributed by atoms with Crippen LogP contribution in [0, 0.1) is 19.7 Å². The highest BCUT2D eigenvalue weighted by Crippen LogP contribution is 2.49. The average Bonchev–Trinajstić information content (AvgIpc) is 3.20. The zero-order valence-electron chi connectivity index (χ0n) is 23.5. The van der Waals surface area contributed by atoms with E-state index in [4.69, 9.17) is 9.84 Å². The Balaban J connectivity index is 1.95. The van der Waals surface area contributed by atoms with Crippen molar-refractivity contribution in [1.29, 1.82) is 0 Å². The lowest BCUT2D eigenvalue weighted by atomic mass is 9.87. The van der Waals surface area contributed by atoms with Gasteiger partial charge >= 0.3 is 0 Å². The molecule has 0 radical (unpaired) electrons. The van der Waals surface area contributed by atoms with Gasteiger partial charge in [-0.25, -0.2) is 9.07 Å². The standard InChI is InChI=1S/C30H37FN4O3S/c1-19-12-13-23(20(2)16-19)35-29-26(28(33-35)30(3,4)5)27(21-10-7-8-11-22(21)31)39-18-25(37)34(29)17-24(36)32-14-9-15-38-6/h7-8,10-13,16,27H,9,14-15,17-18H2,1-6H3,(H,32,36). The molecule has 1 unspecified atom stereocenters. The predicted octanol–water partition coefficient (Wildman–Crippen LogP) is 5.25. The van der Waals surface area contributed by atoms with Crippen LogP contribution in [-0.4, -0.2) is 54.2 Å². The highest BCUT2D eigenvalue weighted by atomic mass is 32.2. The number of benzene rings is 2. The monoisotopic (exact) mass is 552 g/mol. The van der Waals surface area contributed by atoms with Gasteiger partial charge in [0.1, 0.15) is 18.2 Å². The Kier molecular flexibility index (Phi) is 8.81. The number of fused-ring (bicyclic) bond motifs is 1. The number of halogens is 1. The fraction of sp³-hybridized carbons (Fsp3) is 0.433. The third kappa shape index (κ3) is 6.20. The molecule has 1 aromatic heterocycles. The summed E-state index contributed by atoms with van der Waals surface area (Å²) in [5, 5.41) is 7.50.